The Hall–Kier alpha value is -0.813. The molecular weight excluding hydrogens is 260 g/mol. The Morgan fingerprint density at radius 3 is 2.37 bits per heavy atom. The molecule has 0 bridgehead atoms. The fourth-order valence-corrected chi connectivity index (χ4v) is 2.54. The molecule has 2 atom stereocenters. The number of rotatable bonds is 8. The number of aliphatic hydroxyl groups excluding tert-OH is 1. The smallest absolute Gasteiger partial charge is 0.335 e. The monoisotopic (exact) mass is 288 g/mol. The first-order valence-electron chi connectivity index (χ1n) is 6.92. The van der Waals surface area contributed by atoms with Crippen molar-refractivity contribution >= 4 is 14.3 Å². The minimum atomic E-state index is -1.75. The molecule has 0 heterocycles. The third-order valence-electron chi connectivity index (χ3n) is 2.61. The number of aliphatic hydroxyl groups is 1. The third kappa shape index (κ3) is 7.37. The Kier molecular flexibility index (Phi) is 8.02. The van der Waals surface area contributed by atoms with E-state index < -0.39 is 20.4 Å². The molecule has 0 rings (SSSR count). The van der Waals surface area contributed by atoms with Gasteiger partial charge in [-0.15, -0.1) is 0 Å². The van der Waals surface area contributed by atoms with Crippen LogP contribution >= 0.6 is 0 Å². The molecule has 4 nitrogen and oxygen atoms in total. The summed E-state index contributed by atoms with van der Waals surface area (Å²) in [5, 5.41) is 10.0. The number of carbonyl (C=O) groups is 1. The van der Waals surface area contributed by atoms with Gasteiger partial charge in [0.2, 0.25) is 8.32 Å². The van der Waals surface area contributed by atoms with E-state index in [-0.39, 0.29) is 5.92 Å². The number of hydrogen-bond donors (Lipinski definition) is 1. The lowest BCUT2D eigenvalue weighted by Gasteiger charge is -2.27. The van der Waals surface area contributed by atoms with Crippen LogP contribution in [0.25, 0.3) is 0 Å². The van der Waals surface area contributed by atoms with Crippen LogP contribution in [0.3, 0.4) is 0 Å². The van der Waals surface area contributed by atoms with E-state index in [0.717, 1.165) is 12.8 Å². The average molecular weight is 288 g/mol. The summed E-state index contributed by atoms with van der Waals surface area (Å²) in [6.07, 6.45) is 2.41. The number of ether oxygens (including phenoxy) is 1. The molecule has 0 aliphatic heterocycles. The molecule has 0 aliphatic carbocycles. The highest BCUT2D eigenvalue weighted by molar-refractivity contribution is 6.70. The van der Waals surface area contributed by atoms with E-state index in [9.17, 15) is 9.90 Å². The molecule has 112 valence electrons. The van der Waals surface area contributed by atoms with E-state index in [1.165, 1.54) is 0 Å². The third-order valence-corrected chi connectivity index (χ3v) is 3.46. The lowest BCUT2D eigenvalue weighted by Crippen LogP contribution is -2.35. The second-order valence-electron chi connectivity index (χ2n) is 5.66. The Morgan fingerprint density at radius 2 is 1.95 bits per heavy atom. The van der Waals surface area contributed by atoms with Crippen LogP contribution in [0.2, 0.25) is 19.6 Å². The number of esters is 1. The molecule has 0 fully saturated rings. The van der Waals surface area contributed by atoms with E-state index in [4.69, 9.17) is 9.16 Å². The Bertz CT molecular complexity index is 307. The van der Waals surface area contributed by atoms with Gasteiger partial charge in [-0.05, 0) is 33.0 Å². The maximum absolute atomic E-state index is 11.7. The van der Waals surface area contributed by atoms with E-state index in [1.54, 1.807) is 6.92 Å². The molecule has 0 aromatic heterocycles. The van der Waals surface area contributed by atoms with Crippen molar-refractivity contribution < 1.29 is 19.1 Å². The van der Waals surface area contributed by atoms with Gasteiger partial charge in [0.25, 0.3) is 0 Å². The van der Waals surface area contributed by atoms with Gasteiger partial charge in [0, 0.05) is 5.92 Å². The lowest BCUT2D eigenvalue weighted by molar-refractivity contribution is -0.156. The standard InChI is InChI=1S/C14H28O4Si/c1-7-9-10-17-14(16)13(15)11(3)12(8-2)18-19(4,5)6/h8,11,13,15H,7,9-10H2,1-6H3/b12-8-. The molecule has 5 heteroatoms. The number of unbranched alkanes of at least 4 members (excludes halogenated alkanes) is 1. The van der Waals surface area contributed by atoms with Gasteiger partial charge in [-0.2, -0.15) is 0 Å². The highest BCUT2D eigenvalue weighted by Crippen LogP contribution is 2.21. The molecule has 0 aromatic rings. The SMILES string of the molecule is C/C=C(\O[Si](C)(C)C)C(C)C(O)C(=O)OCCCC. The first kappa shape index (κ1) is 18.2. The average Bonchev–Trinajstić information content (AvgIpc) is 2.33. The molecule has 0 radical (unpaired) electrons. The first-order valence-corrected chi connectivity index (χ1v) is 10.3. The molecular formula is C14H28O4Si. The first-order chi connectivity index (χ1) is 8.72. The van der Waals surface area contributed by atoms with E-state index in [2.05, 4.69) is 19.6 Å². The number of carbonyl (C=O) groups excluding carboxylic acids is 1. The normalized spacial score (nSPS) is 15.8. The van der Waals surface area contributed by atoms with Crippen LogP contribution in [0.4, 0.5) is 0 Å². The lowest BCUT2D eigenvalue weighted by atomic mass is 10.0. The molecule has 1 N–H and O–H groups in total. The molecule has 0 saturated heterocycles. The molecule has 2 unspecified atom stereocenters. The topological polar surface area (TPSA) is 55.8 Å². The summed E-state index contributed by atoms with van der Waals surface area (Å²) in [5.41, 5.74) is 0. The van der Waals surface area contributed by atoms with Crippen molar-refractivity contribution in [2.45, 2.75) is 59.4 Å². The van der Waals surface area contributed by atoms with Crippen LogP contribution in [0, 0.1) is 5.92 Å². The summed E-state index contributed by atoms with van der Waals surface area (Å²) >= 11 is 0. The van der Waals surface area contributed by atoms with Gasteiger partial charge in [-0.1, -0.05) is 26.3 Å². The van der Waals surface area contributed by atoms with Crippen molar-refractivity contribution in [3.63, 3.8) is 0 Å². The summed E-state index contributed by atoms with van der Waals surface area (Å²) in [5.74, 6) is -0.288. The fraction of sp³-hybridized carbons (Fsp3) is 0.786. The molecule has 19 heavy (non-hydrogen) atoms. The van der Waals surface area contributed by atoms with Gasteiger partial charge in [0.1, 0.15) is 0 Å². The van der Waals surface area contributed by atoms with Gasteiger partial charge in [-0.3, -0.25) is 0 Å². The molecule has 0 spiro atoms. The van der Waals surface area contributed by atoms with Crippen molar-refractivity contribution in [3.8, 4) is 0 Å². The zero-order valence-electron chi connectivity index (χ0n) is 13.0. The minimum Gasteiger partial charge on any atom is -0.547 e. The highest BCUT2D eigenvalue weighted by atomic mass is 28.4. The minimum absolute atomic E-state index is 0.360. The van der Waals surface area contributed by atoms with Crippen molar-refractivity contribution in [1.29, 1.82) is 0 Å². The van der Waals surface area contributed by atoms with E-state index in [0.29, 0.717) is 12.4 Å². The summed E-state index contributed by atoms with van der Waals surface area (Å²) in [6.45, 7) is 12.2. The van der Waals surface area contributed by atoms with Gasteiger partial charge >= 0.3 is 5.97 Å². The second kappa shape index (κ2) is 8.38. The van der Waals surface area contributed by atoms with Gasteiger partial charge in [-0.25, -0.2) is 4.79 Å². The summed E-state index contributed by atoms with van der Waals surface area (Å²) in [6, 6.07) is 0. The summed E-state index contributed by atoms with van der Waals surface area (Å²) < 4.78 is 10.9. The van der Waals surface area contributed by atoms with Crippen LogP contribution in [0.15, 0.2) is 11.8 Å². The second-order valence-corrected chi connectivity index (χ2v) is 10.1. The van der Waals surface area contributed by atoms with Crippen molar-refractivity contribution in [2.75, 3.05) is 6.61 Å². The van der Waals surface area contributed by atoms with Gasteiger partial charge in [0.05, 0.1) is 12.4 Å². The molecule has 0 amide bonds. The molecule has 0 aliphatic rings. The Labute approximate surface area is 117 Å². The summed E-state index contributed by atoms with van der Waals surface area (Å²) in [4.78, 5) is 11.7. The fourth-order valence-electron chi connectivity index (χ4n) is 1.53. The van der Waals surface area contributed by atoms with Crippen LogP contribution in [-0.2, 0) is 14.0 Å². The van der Waals surface area contributed by atoms with Crippen molar-refractivity contribution in [3.05, 3.63) is 11.8 Å². The maximum Gasteiger partial charge on any atom is 0.335 e. The van der Waals surface area contributed by atoms with Crippen molar-refractivity contribution in [1.82, 2.24) is 0 Å². The predicted molar refractivity (Wildman–Crippen MR) is 79.2 cm³/mol. The highest BCUT2D eigenvalue weighted by Gasteiger charge is 2.30. The molecule has 0 saturated carbocycles. The Morgan fingerprint density at radius 1 is 1.37 bits per heavy atom. The zero-order valence-corrected chi connectivity index (χ0v) is 14.0. The van der Waals surface area contributed by atoms with Crippen LogP contribution in [0.1, 0.15) is 33.6 Å². The maximum atomic E-state index is 11.7. The summed E-state index contributed by atoms with van der Waals surface area (Å²) in [7, 11) is -1.75. The van der Waals surface area contributed by atoms with Crippen LogP contribution in [-0.4, -0.2) is 32.1 Å². The van der Waals surface area contributed by atoms with Crippen molar-refractivity contribution in [2.24, 2.45) is 5.92 Å². The largest absolute Gasteiger partial charge is 0.547 e. The molecule has 0 aromatic carbocycles. The van der Waals surface area contributed by atoms with E-state index >= 15 is 0 Å². The van der Waals surface area contributed by atoms with E-state index in [1.807, 2.05) is 19.9 Å². The quantitative estimate of drug-likeness (QED) is 0.323. The zero-order chi connectivity index (χ0) is 15.1. The van der Waals surface area contributed by atoms with Gasteiger partial charge in [0.15, 0.2) is 6.10 Å². The number of allylic oxidation sites excluding steroid dienone is 1. The van der Waals surface area contributed by atoms with Crippen LogP contribution < -0.4 is 0 Å². The number of hydrogen-bond acceptors (Lipinski definition) is 4. The van der Waals surface area contributed by atoms with Crippen LogP contribution in [0.5, 0.6) is 0 Å². The predicted octanol–water partition coefficient (Wildman–Crippen LogP) is 3.08. The Balaban J connectivity index is 4.52. The van der Waals surface area contributed by atoms with Gasteiger partial charge < -0.3 is 14.3 Å².